The maximum Gasteiger partial charge on any atom is 0.293 e. The zero-order chi connectivity index (χ0) is 20.4. The average molecular weight is 474 g/mol. The number of nitrogens with one attached hydrogen (secondary N) is 2. The summed E-state index contributed by atoms with van der Waals surface area (Å²) in [5, 5.41) is 9.33. The molecule has 4 rings (SSSR count). The molecule has 0 atom stereocenters. The number of hydrazone groups is 1. The van der Waals surface area contributed by atoms with E-state index in [9.17, 15) is 9.59 Å². The van der Waals surface area contributed by atoms with E-state index in [1.807, 2.05) is 6.92 Å². The molecule has 0 unspecified atom stereocenters. The molecular weight excluding hydrogens is 458 g/mol. The van der Waals surface area contributed by atoms with Crippen LogP contribution in [0.1, 0.15) is 50.6 Å². The van der Waals surface area contributed by atoms with Crippen molar-refractivity contribution in [3.8, 4) is 0 Å². The zero-order valence-corrected chi connectivity index (χ0v) is 17.8. The summed E-state index contributed by atoms with van der Waals surface area (Å²) < 4.78 is 6.55. The van der Waals surface area contributed by atoms with Crippen molar-refractivity contribution in [3.63, 3.8) is 0 Å². The number of hydrogen-bond donors (Lipinski definition) is 2. The van der Waals surface area contributed by atoms with Gasteiger partial charge in [0, 0.05) is 46.0 Å². The second-order valence-electron chi connectivity index (χ2n) is 6.39. The normalized spacial score (nSPS) is 14.5. The van der Waals surface area contributed by atoms with E-state index in [0.29, 0.717) is 45.0 Å². The number of anilines is 1. The molecule has 0 aromatic carbocycles. The first-order chi connectivity index (χ1) is 14.0. The van der Waals surface area contributed by atoms with E-state index < -0.39 is 0 Å². The number of pyridine rings is 1. The summed E-state index contributed by atoms with van der Waals surface area (Å²) in [6, 6.07) is 1.67. The van der Waals surface area contributed by atoms with E-state index in [1.54, 1.807) is 23.8 Å². The van der Waals surface area contributed by atoms with E-state index in [2.05, 4.69) is 41.7 Å². The van der Waals surface area contributed by atoms with Crippen LogP contribution in [0.2, 0.25) is 0 Å². The number of halogens is 1. The van der Waals surface area contributed by atoms with Crippen molar-refractivity contribution < 1.29 is 14.0 Å². The number of amides is 2. The quantitative estimate of drug-likeness (QED) is 0.557. The summed E-state index contributed by atoms with van der Waals surface area (Å²) in [5.74, 6) is 0.231. The van der Waals surface area contributed by atoms with Gasteiger partial charge in [-0.3, -0.25) is 19.9 Å². The Kier molecular flexibility index (Phi) is 5.54. The molecule has 0 spiro atoms. The fourth-order valence-electron chi connectivity index (χ4n) is 3.15. The zero-order valence-electron chi connectivity index (χ0n) is 15.4. The minimum absolute atomic E-state index is 0.238. The van der Waals surface area contributed by atoms with Crippen molar-refractivity contribution in [1.82, 2.24) is 15.4 Å². The van der Waals surface area contributed by atoms with Gasteiger partial charge in [0.15, 0.2) is 10.9 Å². The fourth-order valence-corrected chi connectivity index (χ4v) is 4.04. The molecule has 10 heteroatoms. The van der Waals surface area contributed by atoms with Crippen LogP contribution in [-0.4, -0.2) is 27.5 Å². The Hall–Kier alpha value is -2.85. The van der Waals surface area contributed by atoms with Crippen LogP contribution in [0.4, 0.5) is 5.13 Å². The molecule has 148 valence electrons. The van der Waals surface area contributed by atoms with Gasteiger partial charge in [-0.15, -0.1) is 11.3 Å². The third-order valence-electron chi connectivity index (χ3n) is 4.44. The number of hydrogen-bond acceptors (Lipinski definition) is 7. The second kappa shape index (κ2) is 8.26. The number of furan rings is 1. The number of thiazole rings is 1. The molecule has 3 aromatic rings. The molecule has 8 nitrogen and oxygen atoms in total. The van der Waals surface area contributed by atoms with Crippen molar-refractivity contribution in [2.45, 2.75) is 26.2 Å². The molecule has 0 fully saturated rings. The van der Waals surface area contributed by atoms with Crippen LogP contribution in [0.15, 0.2) is 44.0 Å². The number of fused-ring (bicyclic) bond motifs is 1. The summed E-state index contributed by atoms with van der Waals surface area (Å²) in [7, 11) is 0. The van der Waals surface area contributed by atoms with Gasteiger partial charge in [-0.2, -0.15) is 5.10 Å². The lowest BCUT2D eigenvalue weighted by Gasteiger charge is -2.13. The highest BCUT2D eigenvalue weighted by atomic mass is 79.9. The molecule has 3 aromatic heterocycles. The standard InChI is InChI=1S/C19H16BrN5O3S/c1-10-15-13(24-25-17(26)11-7-12(20)9-21-8-11)3-2-4-14(15)28-16(10)18(27)23-19-22-5-6-29-19/h5-9H,2-4H2,1H3,(H,25,26)(H,22,23,27)/b24-13+. The van der Waals surface area contributed by atoms with E-state index >= 15 is 0 Å². The first-order valence-electron chi connectivity index (χ1n) is 8.84. The van der Waals surface area contributed by atoms with Gasteiger partial charge in [0.25, 0.3) is 11.8 Å². The lowest BCUT2D eigenvalue weighted by molar-refractivity contribution is 0.0953. The number of nitrogens with zero attached hydrogens (tertiary/aromatic N) is 3. The molecule has 0 saturated carbocycles. The van der Waals surface area contributed by atoms with Crippen molar-refractivity contribution >= 4 is 49.9 Å². The summed E-state index contributed by atoms with van der Waals surface area (Å²) in [5.41, 5.74) is 5.15. The van der Waals surface area contributed by atoms with Gasteiger partial charge in [0.05, 0.1) is 11.3 Å². The molecular formula is C19H16BrN5O3S. The van der Waals surface area contributed by atoms with Crippen molar-refractivity contribution in [2.75, 3.05) is 5.32 Å². The van der Waals surface area contributed by atoms with E-state index in [0.717, 1.165) is 12.0 Å². The van der Waals surface area contributed by atoms with Gasteiger partial charge < -0.3 is 4.42 Å². The monoisotopic (exact) mass is 473 g/mol. The topological polar surface area (TPSA) is 109 Å². The minimum Gasteiger partial charge on any atom is -0.455 e. The predicted molar refractivity (Wildman–Crippen MR) is 112 cm³/mol. The van der Waals surface area contributed by atoms with E-state index in [4.69, 9.17) is 4.42 Å². The molecule has 1 aliphatic rings. The van der Waals surface area contributed by atoms with Crippen LogP contribution in [0.3, 0.4) is 0 Å². The summed E-state index contributed by atoms with van der Waals surface area (Å²) in [6.45, 7) is 1.82. The average Bonchev–Trinajstić information content (AvgIpc) is 3.34. The third-order valence-corrected chi connectivity index (χ3v) is 5.57. The van der Waals surface area contributed by atoms with Gasteiger partial charge in [0.2, 0.25) is 0 Å². The Labute approximate surface area is 178 Å². The Morgan fingerprint density at radius 2 is 2.14 bits per heavy atom. The number of rotatable bonds is 4. The van der Waals surface area contributed by atoms with Gasteiger partial charge in [-0.1, -0.05) is 0 Å². The highest BCUT2D eigenvalue weighted by molar-refractivity contribution is 9.10. The smallest absolute Gasteiger partial charge is 0.293 e. The number of aryl methyl sites for hydroxylation is 1. The van der Waals surface area contributed by atoms with E-state index in [1.165, 1.54) is 17.5 Å². The lowest BCUT2D eigenvalue weighted by Crippen LogP contribution is -2.22. The third kappa shape index (κ3) is 4.13. The molecule has 29 heavy (non-hydrogen) atoms. The van der Waals surface area contributed by atoms with Crippen molar-refractivity contribution in [1.29, 1.82) is 0 Å². The van der Waals surface area contributed by atoms with Crippen molar-refractivity contribution in [2.24, 2.45) is 5.10 Å². The first-order valence-corrected chi connectivity index (χ1v) is 10.5. The number of carbonyl (C=O) groups excluding carboxylic acids is 2. The van der Waals surface area contributed by atoms with Crippen LogP contribution in [0.5, 0.6) is 0 Å². The highest BCUT2D eigenvalue weighted by Gasteiger charge is 2.28. The molecule has 2 amide bonds. The van der Waals surface area contributed by atoms with Gasteiger partial charge in [-0.25, -0.2) is 10.4 Å². The van der Waals surface area contributed by atoms with Gasteiger partial charge in [-0.05, 0) is 41.8 Å². The first kappa shape index (κ1) is 19.5. The van der Waals surface area contributed by atoms with Crippen LogP contribution in [0.25, 0.3) is 0 Å². The Bertz CT molecular complexity index is 1110. The van der Waals surface area contributed by atoms with Crippen molar-refractivity contribution in [3.05, 3.63) is 62.7 Å². The maximum absolute atomic E-state index is 12.6. The van der Waals surface area contributed by atoms with Crippen LogP contribution < -0.4 is 10.7 Å². The Morgan fingerprint density at radius 1 is 1.28 bits per heavy atom. The fraction of sp³-hybridized carbons (Fsp3) is 0.211. The SMILES string of the molecule is Cc1c(C(=O)Nc2nccs2)oc2c1/C(=N/NC(=O)c1cncc(Br)c1)CCC2. The minimum atomic E-state index is -0.360. The van der Waals surface area contributed by atoms with Crippen LogP contribution in [-0.2, 0) is 6.42 Å². The summed E-state index contributed by atoms with van der Waals surface area (Å²) in [6.07, 6.45) is 6.90. The molecule has 0 radical (unpaired) electrons. The van der Waals surface area contributed by atoms with E-state index in [-0.39, 0.29) is 17.6 Å². The maximum atomic E-state index is 12.6. The Balaban J connectivity index is 1.57. The summed E-state index contributed by atoms with van der Waals surface area (Å²) >= 11 is 4.63. The predicted octanol–water partition coefficient (Wildman–Crippen LogP) is 3.92. The lowest BCUT2D eigenvalue weighted by atomic mass is 9.93. The molecule has 3 heterocycles. The molecule has 0 aliphatic heterocycles. The molecule has 1 aliphatic carbocycles. The molecule has 0 bridgehead atoms. The molecule has 0 saturated heterocycles. The van der Waals surface area contributed by atoms with Gasteiger partial charge in [0.1, 0.15) is 5.76 Å². The van der Waals surface area contributed by atoms with Gasteiger partial charge >= 0.3 is 0 Å². The van der Waals surface area contributed by atoms with Crippen LogP contribution >= 0.6 is 27.3 Å². The number of carbonyl (C=O) groups is 2. The molecule has 2 N–H and O–H groups in total. The summed E-state index contributed by atoms with van der Waals surface area (Å²) in [4.78, 5) is 33.0. The largest absolute Gasteiger partial charge is 0.455 e. The van der Waals surface area contributed by atoms with Crippen LogP contribution in [0, 0.1) is 6.92 Å². The highest BCUT2D eigenvalue weighted by Crippen LogP contribution is 2.30. The Morgan fingerprint density at radius 3 is 2.90 bits per heavy atom. The number of aromatic nitrogens is 2. The second-order valence-corrected chi connectivity index (χ2v) is 8.20.